The van der Waals surface area contributed by atoms with E-state index in [1.54, 1.807) is 4.68 Å². The molecule has 1 fully saturated rings. The highest BCUT2D eigenvalue weighted by Crippen LogP contribution is 2.32. The van der Waals surface area contributed by atoms with Crippen LogP contribution in [0.4, 0.5) is 4.39 Å². The molecular formula is C15H19FN4O2S. The van der Waals surface area contributed by atoms with Crippen LogP contribution in [0.15, 0.2) is 29.2 Å². The minimum Gasteiger partial charge on any atom is -0.229 e. The topological polar surface area (TPSA) is 77.7 Å². The number of benzene rings is 1. The second-order valence-corrected chi connectivity index (χ2v) is 7.98. The summed E-state index contributed by atoms with van der Waals surface area (Å²) in [4.78, 5) is 0.145. The molecule has 0 amide bonds. The number of hydrogen-bond donors (Lipinski definition) is 0. The summed E-state index contributed by atoms with van der Waals surface area (Å²) in [5.74, 6) is 0.794. The molecule has 23 heavy (non-hydrogen) atoms. The fourth-order valence-corrected chi connectivity index (χ4v) is 4.31. The first-order valence-electron chi connectivity index (χ1n) is 7.81. The quantitative estimate of drug-likeness (QED) is 0.756. The normalized spacial score (nSPS) is 16.0. The smallest absolute Gasteiger partial charge is 0.178 e. The van der Waals surface area contributed by atoms with Crippen LogP contribution < -0.4 is 0 Å². The maximum absolute atomic E-state index is 12.9. The maximum Gasteiger partial charge on any atom is 0.178 e. The largest absolute Gasteiger partial charge is 0.229 e. The zero-order valence-electron chi connectivity index (χ0n) is 12.7. The molecule has 3 rings (SSSR count). The highest BCUT2D eigenvalue weighted by molar-refractivity contribution is 7.91. The van der Waals surface area contributed by atoms with Crippen molar-refractivity contribution in [1.29, 1.82) is 0 Å². The van der Waals surface area contributed by atoms with Crippen LogP contribution in [0.1, 0.15) is 43.8 Å². The average molecular weight is 338 g/mol. The van der Waals surface area contributed by atoms with Crippen LogP contribution in [0.5, 0.6) is 0 Å². The van der Waals surface area contributed by atoms with Crippen molar-refractivity contribution in [2.24, 2.45) is 0 Å². The Kier molecular flexibility index (Phi) is 4.70. The van der Waals surface area contributed by atoms with Gasteiger partial charge < -0.3 is 0 Å². The molecule has 1 heterocycles. The van der Waals surface area contributed by atoms with Crippen LogP contribution in [0.3, 0.4) is 0 Å². The third-order valence-corrected chi connectivity index (χ3v) is 6.05. The van der Waals surface area contributed by atoms with Crippen LogP contribution in [-0.2, 0) is 16.4 Å². The lowest BCUT2D eigenvalue weighted by atomic mass is 10.1. The molecule has 0 unspecified atom stereocenters. The van der Waals surface area contributed by atoms with Gasteiger partial charge >= 0.3 is 0 Å². The fourth-order valence-electron chi connectivity index (χ4n) is 3.01. The fraction of sp³-hybridized carbons (Fsp3) is 0.533. The number of aromatic nitrogens is 4. The first-order chi connectivity index (χ1) is 11.1. The van der Waals surface area contributed by atoms with Gasteiger partial charge in [0.05, 0.1) is 10.6 Å². The molecule has 0 N–H and O–H groups in total. The second kappa shape index (κ2) is 6.74. The number of halogens is 1. The highest BCUT2D eigenvalue weighted by atomic mass is 32.2. The molecule has 0 bridgehead atoms. The van der Waals surface area contributed by atoms with Gasteiger partial charge in [-0.05, 0) is 54.0 Å². The van der Waals surface area contributed by atoms with E-state index in [4.69, 9.17) is 0 Å². The van der Waals surface area contributed by atoms with Crippen LogP contribution in [0, 0.1) is 5.82 Å². The molecule has 6 nitrogen and oxygen atoms in total. The molecule has 8 heteroatoms. The minimum absolute atomic E-state index is 0.0113. The lowest BCUT2D eigenvalue weighted by Gasteiger charge is -2.09. The van der Waals surface area contributed by atoms with Gasteiger partial charge in [-0.25, -0.2) is 17.5 Å². The van der Waals surface area contributed by atoms with Gasteiger partial charge in [0.15, 0.2) is 15.7 Å². The zero-order valence-corrected chi connectivity index (χ0v) is 13.5. The third kappa shape index (κ3) is 3.74. The van der Waals surface area contributed by atoms with Crippen LogP contribution in [0.2, 0.25) is 0 Å². The summed E-state index contributed by atoms with van der Waals surface area (Å²) >= 11 is 0. The predicted molar refractivity (Wildman–Crippen MR) is 82.1 cm³/mol. The van der Waals surface area contributed by atoms with E-state index in [1.807, 2.05) is 0 Å². The number of hydrogen-bond acceptors (Lipinski definition) is 5. The number of rotatable bonds is 6. The Labute approximate surface area is 134 Å². The van der Waals surface area contributed by atoms with Crippen LogP contribution in [0.25, 0.3) is 0 Å². The van der Waals surface area contributed by atoms with Crippen LogP contribution >= 0.6 is 0 Å². The minimum atomic E-state index is -3.41. The van der Waals surface area contributed by atoms with E-state index < -0.39 is 15.7 Å². The summed E-state index contributed by atoms with van der Waals surface area (Å²) < 4.78 is 39.1. The Hall–Kier alpha value is -1.83. The van der Waals surface area contributed by atoms with Crippen molar-refractivity contribution in [1.82, 2.24) is 20.2 Å². The van der Waals surface area contributed by atoms with E-state index in [0.717, 1.165) is 30.8 Å². The SMILES string of the molecule is O=S(=O)(CCCn1nnnc1C1CCCC1)c1ccc(F)cc1. The Balaban J connectivity index is 1.61. The monoisotopic (exact) mass is 338 g/mol. The summed E-state index contributed by atoms with van der Waals surface area (Å²) in [6.07, 6.45) is 4.99. The molecule has 1 aromatic carbocycles. The first-order valence-corrected chi connectivity index (χ1v) is 9.46. The molecule has 0 spiro atoms. The van der Waals surface area contributed by atoms with Gasteiger partial charge in [0, 0.05) is 12.5 Å². The predicted octanol–water partition coefficient (Wildman–Crippen LogP) is 2.33. The van der Waals surface area contributed by atoms with E-state index >= 15 is 0 Å². The van der Waals surface area contributed by atoms with Gasteiger partial charge in [-0.2, -0.15) is 0 Å². The van der Waals surface area contributed by atoms with E-state index in [2.05, 4.69) is 15.5 Å². The van der Waals surface area contributed by atoms with Gasteiger partial charge in [0.2, 0.25) is 0 Å². The number of tetrazole rings is 1. The third-order valence-electron chi connectivity index (χ3n) is 4.24. The van der Waals surface area contributed by atoms with Gasteiger partial charge in [-0.1, -0.05) is 12.8 Å². The molecule has 0 saturated heterocycles. The number of aryl methyl sites for hydroxylation is 1. The van der Waals surface area contributed by atoms with Gasteiger partial charge in [-0.3, -0.25) is 0 Å². The average Bonchev–Trinajstić information content (AvgIpc) is 3.18. The van der Waals surface area contributed by atoms with Crippen molar-refractivity contribution >= 4 is 9.84 Å². The lowest BCUT2D eigenvalue weighted by Crippen LogP contribution is -2.13. The molecule has 0 aliphatic heterocycles. The van der Waals surface area contributed by atoms with Crippen molar-refractivity contribution in [3.63, 3.8) is 0 Å². The first kappa shape index (κ1) is 16.0. The summed E-state index contributed by atoms with van der Waals surface area (Å²) in [7, 11) is -3.41. The summed E-state index contributed by atoms with van der Waals surface area (Å²) in [6, 6.07) is 4.91. The van der Waals surface area contributed by atoms with E-state index in [1.165, 1.54) is 25.0 Å². The van der Waals surface area contributed by atoms with Gasteiger partial charge in [0.25, 0.3) is 0 Å². The molecule has 2 aromatic rings. The standard InChI is InChI=1S/C15H19FN4O2S/c16-13-6-8-14(9-7-13)23(21,22)11-3-10-20-15(17-18-19-20)12-4-1-2-5-12/h6-9,12H,1-5,10-11H2. The molecule has 124 valence electrons. The lowest BCUT2D eigenvalue weighted by molar-refractivity contribution is 0.518. The van der Waals surface area contributed by atoms with Crippen LogP contribution in [-0.4, -0.2) is 34.4 Å². The summed E-state index contributed by atoms with van der Waals surface area (Å²) in [5, 5.41) is 11.8. The van der Waals surface area contributed by atoms with Crippen molar-refractivity contribution in [3.05, 3.63) is 35.9 Å². The molecular weight excluding hydrogens is 319 g/mol. The Morgan fingerprint density at radius 3 is 2.57 bits per heavy atom. The van der Waals surface area contributed by atoms with Gasteiger partial charge in [-0.15, -0.1) is 5.10 Å². The zero-order chi connectivity index (χ0) is 16.3. The van der Waals surface area contributed by atoms with Crippen molar-refractivity contribution < 1.29 is 12.8 Å². The van der Waals surface area contributed by atoms with Crippen molar-refractivity contribution in [2.45, 2.75) is 49.5 Å². The molecule has 1 aliphatic carbocycles. The Morgan fingerprint density at radius 1 is 1.17 bits per heavy atom. The van der Waals surface area contributed by atoms with Gasteiger partial charge in [0.1, 0.15) is 5.82 Å². The van der Waals surface area contributed by atoms with Crippen molar-refractivity contribution in [2.75, 3.05) is 5.75 Å². The Morgan fingerprint density at radius 2 is 1.87 bits per heavy atom. The molecule has 1 saturated carbocycles. The van der Waals surface area contributed by atoms with Crippen molar-refractivity contribution in [3.8, 4) is 0 Å². The highest BCUT2D eigenvalue weighted by Gasteiger charge is 2.23. The van der Waals surface area contributed by atoms with E-state index in [9.17, 15) is 12.8 Å². The number of nitrogens with zero attached hydrogens (tertiary/aromatic N) is 4. The molecule has 1 aromatic heterocycles. The Bertz CT molecular complexity index is 752. The second-order valence-electron chi connectivity index (χ2n) is 5.87. The van der Waals surface area contributed by atoms with E-state index in [0.29, 0.717) is 18.9 Å². The van der Waals surface area contributed by atoms with E-state index in [-0.39, 0.29) is 10.6 Å². The molecule has 0 radical (unpaired) electrons. The molecule has 0 atom stereocenters. The maximum atomic E-state index is 12.9. The molecule has 1 aliphatic rings. The summed E-state index contributed by atoms with van der Waals surface area (Å²) in [6.45, 7) is 0.471. The summed E-state index contributed by atoms with van der Waals surface area (Å²) in [5.41, 5.74) is 0. The number of sulfone groups is 1.